The van der Waals surface area contributed by atoms with Gasteiger partial charge in [-0.25, -0.2) is 0 Å². The number of rotatable bonds is 5. The van der Waals surface area contributed by atoms with Crippen LogP contribution in [0.15, 0.2) is 67.0 Å². The molecule has 0 spiro atoms. The summed E-state index contributed by atoms with van der Waals surface area (Å²) in [5.41, 5.74) is 2.15. The predicted molar refractivity (Wildman–Crippen MR) is 101 cm³/mol. The topological polar surface area (TPSA) is 81.9 Å². The average Bonchev–Trinajstić information content (AvgIpc) is 3.26. The first-order valence-corrected chi connectivity index (χ1v) is 8.42. The molecule has 0 aliphatic carbocycles. The van der Waals surface area contributed by atoms with Crippen LogP contribution in [0.5, 0.6) is 5.75 Å². The third kappa shape index (κ3) is 3.48. The second-order valence-corrected chi connectivity index (χ2v) is 6.00. The van der Waals surface area contributed by atoms with Crippen LogP contribution in [0.4, 0.5) is 0 Å². The fourth-order valence-electron chi connectivity index (χ4n) is 2.92. The molecular weight excluding hydrogens is 342 g/mol. The van der Waals surface area contributed by atoms with Crippen molar-refractivity contribution in [3.05, 3.63) is 78.1 Å². The van der Waals surface area contributed by atoms with Gasteiger partial charge in [0.2, 0.25) is 0 Å². The largest absolute Gasteiger partial charge is 0.497 e. The SMILES string of the molecule is COc1ccc2cc(CNC(=O)c3ccccc3-n3cnnn3)ccc2c1. The molecule has 0 unspecified atom stereocenters. The molecule has 0 radical (unpaired) electrons. The number of carbonyl (C=O) groups is 1. The zero-order valence-electron chi connectivity index (χ0n) is 14.7. The average molecular weight is 359 g/mol. The van der Waals surface area contributed by atoms with Crippen molar-refractivity contribution in [2.75, 3.05) is 7.11 Å². The molecule has 0 aliphatic heterocycles. The summed E-state index contributed by atoms with van der Waals surface area (Å²) in [7, 11) is 1.65. The van der Waals surface area contributed by atoms with Crippen LogP contribution in [0.1, 0.15) is 15.9 Å². The molecule has 1 aromatic heterocycles. The first-order chi connectivity index (χ1) is 13.2. The Morgan fingerprint density at radius 3 is 2.70 bits per heavy atom. The van der Waals surface area contributed by atoms with Crippen molar-refractivity contribution >= 4 is 16.7 Å². The van der Waals surface area contributed by atoms with E-state index in [1.807, 2.05) is 42.5 Å². The Morgan fingerprint density at radius 2 is 1.89 bits per heavy atom. The van der Waals surface area contributed by atoms with Gasteiger partial charge in [0.15, 0.2) is 0 Å². The normalized spacial score (nSPS) is 10.7. The summed E-state index contributed by atoms with van der Waals surface area (Å²) in [5, 5.41) is 16.3. The highest BCUT2D eigenvalue weighted by Crippen LogP contribution is 2.22. The molecule has 4 rings (SSSR count). The van der Waals surface area contributed by atoms with E-state index >= 15 is 0 Å². The zero-order chi connectivity index (χ0) is 18.6. The Kier molecular flexibility index (Phi) is 4.49. The first kappa shape index (κ1) is 16.7. The molecule has 0 fully saturated rings. The summed E-state index contributed by atoms with van der Waals surface area (Å²) in [5.74, 6) is 0.638. The van der Waals surface area contributed by atoms with E-state index < -0.39 is 0 Å². The van der Waals surface area contributed by atoms with Crippen LogP contribution in [-0.2, 0) is 6.54 Å². The van der Waals surface area contributed by atoms with Gasteiger partial charge in [-0.2, -0.15) is 4.68 Å². The Labute approximate surface area is 155 Å². The van der Waals surface area contributed by atoms with E-state index in [1.54, 1.807) is 19.2 Å². The Hall–Kier alpha value is -3.74. The van der Waals surface area contributed by atoms with E-state index in [-0.39, 0.29) is 5.91 Å². The number of amides is 1. The van der Waals surface area contributed by atoms with Crippen LogP contribution in [0.3, 0.4) is 0 Å². The number of nitrogens with one attached hydrogen (secondary N) is 1. The summed E-state index contributed by atoms with van der Waals surface area (Å²) < 4.78 is 6.72. The Balaban J connectivity index is 1.52. The Morgan fingerprint density at radius 1 is 1.07 bits per heavy atom. The maximum absolute atomic E-state index is 12.7. The monoisotopic (exact) mass is 359 g/mol. The van der Waals surface area contributed by atoms with E-state index in [0.717, 1.165) is 22.1 Å². The lowest BCUT2D eigenvalue weighted by molar-refractivity contribution is 0.0950. The molecule has 7 heteroatoms. The van der Waals surface area contributed by atoms with E-state index in [1.165, 1.54) is 11.0 Å². The summed E-state index contributed by atoms with van der Waals surface area (Å²) >= 11 is 0. The van der Waals surface area contributed by atoms with Gasteiger partial charge in [-0.3, -0.25) is 4.79 Å². The predicted octanol–water partition coefficient (Wildman–Crippen LogP) is 2.75. The van der Waals surface area contributed by atoms with Gasteiger partial charge in [-0.1, -0.05) is 30.3 Å². The molecule has 0 saturated carbocycles. The highest BCUT2D eigenvalue weighted by atomic mass is 16.5. The van der Waals surface area contributed by atoms with Crippen LogP contribution < -0.4 is 10.1 Å². The van der Waals surface area contributed by atoms with Crippen molar-refractivity contribution in [2.24, 2.45) is 0 Å². The molecule has 7 nitrogen and oxygen atoms in total. The molecule has 0 saturated heterocycles. The third-order valence-corrected chi connectivity index (χ3v) is 4.31. The minimum absolute atomic E-state index is 0.184. The number of nitrogens with zero attached hydrogens (tertiary/aromatic N) is 4. The fraction of sp³-hybridized carbons (Fsp3) is 0.100. The molecule has 0 atom stereocenters. The minimum Gasteiger partial charge on any atom is -0.497 e. The molecular formula is C20H17N5O2. The van der Waals surface area contributed by atoms with Crippen LogP contribution in [0.25, 0.3) is 16.5 Å². The van der Waals surface area contributed by atoms with Gasteiger partial charge in [-0.05, 0) is 57.1 Å². The van der Waals surface area contributed by atoms with Gasteiger partial charge in [-0.15, -0.1) is 5.10 Å². The number of fused-ring (bicyclic) bond motifs is 1. The quantitative estimate of drug-likeness (QED) is 0.592. The van der Waals surface area contributed by atoms with Crippen molar-refractivity contribution in [3.63, 3.8) is 0 Å². The highest BCUT2D eigenvalue weighted by molar-refractivity contribution is 5.97. The van der Waals surface area contributed by atoms with Crippen molar-refractivity contribution in [3.8, 4) is 11.4 Å². The molecule has 0 bridgehead atoms. The van der Waals surface area contributed by atoms with Crippen LogP contribution in [-0.4, -0.2) is 33.2 Å². The Bertz CT molecular complexity index is 1090. The molecule has 27 heavy (non-hydrogen) atoms. The maximum atomic E-state index is 12.7. The smallest absolute Gasteiger partial charge is 0.253 e. The molecule has 1 N–H and O–H groups in total. The number of ether oxygens (including phenoxy) is 1. The summed E-state index contributed by atoms with van der Waals surface area (Å²) in [6, 6.07) is 19.2. The number of aromatic nitrogens is 4. The number of hydrogen-bond acceptors (Lipinski definition) is 5. The van der Waals surface area contributed by atoms with Crippen LogP contribution in [0, 0.1) is 0 Å². The molecule has 1 amide bonds. The highest BCUT2D eigenvalue weighted by Gasteiger charge is 2.13. The first-order valence-electron chi connectivity index (χ1n) is 8.42. The van der Waals surface area contributed by atoms with Crippen molar-refractivity contribution in [2.45, 2.75) is 6.54 Å². The van der Waals surface area contributed by atoms with E-state index in [0.29, 0.717) is 17.8 Å². The fourth-order valence-corrected chi connectivity index (χ4v) is 2.92. The number of para-hydroxylation sites is 1. The third-order valence-electron chi connectivity index (χ3n) is 4.31. The van der Waals surface area contributed by atoms with Crippen LogP contribution in [0.2, 0.25) is 0 Å². The molecule has 1 heterocycles. The van der Waals surface area contributed by atoms with Gasteiger partial charge in [0.25, 0.3) is 5.91 Å². The van der Waals surface area contributed by atoms with Crippen molar-refractivity contribution < 1.29 is 9.53 Å². The lowest BCUT2D eigenvalue weighted by Crippen LogP contribution is -2.24. The van der Waals surface area contributed by atoms with Gasteiger partial charge in [0.05, 0.1) is 18.4 Å². The van der Waals surface area contributed by atoms with Gasteiger partial charge >= 0.3 is 0 Å². The summed E-state index contributed by atoms with van der Waals surface area (Å²) in [6.07, 6.45) is 1.46. The number of tetrazole rings is 1. The van der Waals surface area contributed by atoms with Gasteiger partial charge in [0, 0.05) is 6.54 Å². The summed E-state index contributed by atoms with van der Waals surface area (Å²) in [6.45, 7) is 0.421. The second-order valence-electron chi connectivity index (χ2n) is 6.00. The van der Waals surface area contributed by atoms with Crippen molar-refractivity contribution in [1.29, 1.82) is 0 Å². The maximum Gasteiger partial charge on any atom is 0.253 e. The number of hydrogen-bond donors (Lipinski definition) is 1. The van der Waals surface area contributed by atoms with E-state index in [9.17, 15) is 4.79 Å². The van der Waals surface area contributed by atoms with Gasteiger partial charge < -0.3 is 10.1 Å². The molecule has 0 aliphatic rings. The lowest BCUT2D eigenvalue weighted by atomic mass is 10.1. The summed E-state index contributed by atoms with van der Waals surface area (Å²) in [4.78, 5) is 12.7. The zero-order valence-corrected chi connectivity index (χ0v) is 14.7. The lowest BCUT2D eigenvalue weighted by Gasteiger charge is -2.10. The van der Waals surface area contributed by atoms with Crippen molar-refractivity contribution in [1.82, 2.24) is 25.5 Å². The minimum atomic E-state index is -0.184. The van der Waals surface area contributed by atoms with Gasteiger partial charge in [0.1, 0.15) is 12.1 Å². The molecule has 134 valence electrons. The van der Waals surface area contributed by atoms with E-state index in [4.69, 9.17) is 4.74 Å². The number of benzene rings is 3. The van der Waals surface area contributed by atoms with E-state index in [2.05, 4.69) is 26.9 Å². The molecule has 3 aromatic carbocycles. The second kappa shape index (κ2) is 7.25. The van der Waals surface area contributed by atoms with Crippen LogP contribution >= 0.6 is 0 Å². The number of carbonyl (C=O) groups excluding carboxylic acids is 1. The molecule has 4 aromatic rings. The number of methoxy groups -OCH3 is 1. The standard InChI is InChI=1S/C20H17N5O2/c1-27-17-9-8-15-10-14(6-7-16(15)11-17)12-21-20(26)18-4-2-3-5-19(18)25-13-22-23-24-25/h2-11,13H,12H2,1H3,(H,21,26).